The summed E-state index contributed by atoms with van der Waals surface area (Å²) in [5.41, 5.74) is 5.91. The zero-order chi connectivity index (χ0) is 17.0. The molecule has 5 rings (SSSR count). The summed E-state index contributed by atoms with van der Waals surface area (Å²) in [5.74, 6) is -0.395. The predicted molar refractivity (Wildman–Crippen MR) is 95.6 cm³/mol. The molecule has 0 spiro atoms. The Morgan fingerprint density at radius 3 is 2.40 bits per heavy atom. The van der Waals surface area contributed by atoms with Crippen LogP contribution >= 0.6 is 0 Å². The molecule has 2 aliphatic rings. The number of imide groups is 1. The second kappa shape index (κ2) is 5.31. The fourth-order valence-corrected chi connectivity index (χ4v) is 4.12. The van der Waals surface area contributed by atoms with Gasteiger partial charge in [-0.3, -0.25) is 14.5 Å². The van der Waals surface area contributed by atoms with Crippen molar-refractivity contribution in [1.82, 2.24) is 9.88 Å². The van der Waals surface area contributed by atoms with Crippen LogP contribution in [-0.2, 0) is 19.4 Å². The van der Waals surface area contributed by atoms with Gasteiger partial charge in [-0.25, -0.2) is 0 Å². The first-order chi connectivity index (χ1) is 12.2. The van der Waals surface area contributed by atoms with Crippen LogP contribution in [0.25, 0.3) is 10.9 Å². The maximum Gasteiger partial charge on any atom is 0.261 e. The molecule has 1 aliphatic carbocycles. The molecule has 1 aliphatic heterocycles. The Kier molecular flexibility index (Phi) is 3.07. The lowest BCUT2D eigenvalue weighted by Gasteiger charge is -2.14. The van der Waals surface area contributed by atoms with Crippen LogP contribution in [0.2, 0.25) is 0 Å². The lowest BCUT2D eigenvalue weighted by atomic mass is 9.95. The van der Waals surface area contributed by atoms with E-state index in [4.69, 9.17) is 0 Å². The van der Waals surface area contributed by atoms with Gasteiger partial charge in [-0.15, -0.1) is 0 Å². The topological polar surface area (TPSA) is 53.2 Å². The molecule has 2 heterocycles. The van der Waals surface area contributed by atoms with E-state index < -0.39 is 0 Å². The maximum absolute atomic E-state index is 12.6. The van der Waals surface area contributed by atoms with Crippen molar-refractivity contribution in [3.05, 3.63) is 70.4 Å². The Bertz CT molecular complexity index is 997. The third kappa shape index (κ3) is 2.14. The van der Waals surface area contributed by atoms with Crippen LogP contribution in [-0.4, -0.2) is 21.7 Å². The second-order valence-corrected chi connectivity index (χ2v) is 6.91. The summed E-state index contributed by atoms with van der Waals surface area (Å²) in [6.07, 6.45) is 4.67. The molecule has 0 saturated heterocycles. The molecule has 1 N–H and O–H groups in total. The summed E-state index contributed by atoms with van der Waals surface area (Å²) in [6.45, 7) is 0.322. The zero-order valence-electron chi connectivity index (χ0n) is 13.8. The molecule has 4 nitrogen and oxygen atoms in total. The molecule has 25 heavy (non-hydrogen) atoms. The van der Waals surface area contributed by atoms with Gasteiger partial charge in [0.25, 0.3) is 11.8 Å². The maximum atomic E-state index is 12.6. The molecule has 1 aromatic heterocycles. The number of carbonyl (C=O) groups is 2. The first-order valence-electron chi connectivity index (χ1n) is 8.80. The van der Waals surface area contributed by atoms with Crippen LogP contribution < -0.4 is 0 Å². The number of nitrogens with one attached hydrogen (secondary N) is 1. The Labute approximate surface area is 145 Å². The van der Waals surface area contributed by atoms with Crippen LogP contribution in [0.1, 0.15) is 50.4 Å². The van der Waals surface area contributed by atoms with Crippen molar-refractivity contribution in [2.75, 3.05) is 0 Å². The number of nitrogens with zero attached hydrogens (tertiary/aromatic N) is 1. The number of rotatable bonds is 2. The molecule has 124 valence electrons. The number of hydrogen-bond acceptors (Lipinski definition) is 2. The van der Waals surface area contributed by atoms with E-state index in [2.05, 4.69) is 17.1 Å². The fourth-order valence-electron chi connectivity index (χ4n) is 4.12. The van der Waals surface area contributed by atoms with Gasteiger partial charge < -0.3 is 4.98 Å². The summed E-state index contributed by atoms with van der Waals surface area (Å²) in [6, 6.07) is 13.3. The smallest absolute Gasteiger partial charge is 0.261 e. The van der Waals surface area contributed by atoms with Gasteiger partial charge in [-0.1, -0.05) is 18.2 Å². The highest BCUT2D eigenvalue weighted by atomic mass is 16.2. The Balaban J connectivity index is 1.51. The van der Waals surface area contributed by atoms with Crippen LogP contribution in [0, 0.1) is 0 Å². The molecule has 4 heteroatoms. The van der Waals surface area contributed by atoms with Gasteiger partial charge in [0.05, 0.1) is 17.7 Å². The van der Waals surface area contributed by atoms with Crippen molar-refractivity contribution >= 4 is 22.7 Å². The van der Waals surface area contributed by atoms with Gasteiger partial charge in [0.15, 0.2) is 0 Å². The molecule has 0 saturated carbocycles. The Morgan fingerprint density at radius 1 is 0.920 bits per heavy atom. The molecular weight excluding hydrogens is 312 g/mol. The minimum Gasteiger partial charge on any atom is -0.358 e. The molecule has 0 bridgehead atoms. The number of aryl methyl sites for hydroxylation is 2. The molecule has 2 aromatic carbocycles. The fraction of sp³-hybridized carbons (Fsp3) is 0.238. The Hall–Kier alpha value is -2.88. The number of carbonyl (C=O) groups excluding carboxylic acids is 2. The van der Waals surface area contributed by atoms with E-state index in [9.17, 15) is 9.59 Å². The van der Waals surface area contributed by atoms with Crippen molar-refractivity contribution < 1.29 is 9.59 Å². The van der Waals surface area contributed by atoms with Gasteiger partial charge in [-0.2, -0.15) is 0 Å². The third-order valence-electron chi connectivity index (χ3n) is 5.38. The molecule has 0 atom stereocenters. The third-order valence-corrected chi connectivity index (χ3v) is 5.38. The van der Waals surface area contributed by atoms with Crippen molar-refractivity contribution in [3.63, 3.8) is 0 Å². The second-order valence-electron chi connectivity index (χ2n) is 6.91. The number of fused-ring (bicyclic) bond motifs is 4. The average Bonchev–Trinajstić information content (AvgIpc) is 3.13. The standard InChI is InChI=1S/C21H18N2O2/c24-20-15-6-1-2-7-16(15)21(25)23(20)12-13-9-10-19-17(11-13)14-5-3-4-8-18(14)22-19/h1-2,6-7,9-11,22H,3-5,8,12H2. The number of benzene rings is 2. The summed E-state index contributed by atoms with van der Waals surface area (Å²) < 4.78 is 0. The minimum absolute atomic E-state index is 0.197. The molecular formula is C21H18N2O2. The van der Waals surface area contributed by atoms with Crippen LogP contribution in [0.15, 0.2) is 42.5 Å². The number of H-pyrrole nitrogens is 1. The molecule has 2 amide bonds. The molecule has 0 radical (unpaired) electrons. The zero-order valence-corrected chi connectivity index (χ0v) is 13.8. The number of amides is 2. The molecule has 0 fully saturated rings. The van der Waals surface area contributed by atoms with Crippen LogP contribution in [0.3, 0.4) is 0 Å². The van der Waals surface area contributed by atoms with Gasteiger partial charge in [0.1, 0.15) is 0 Å². The van der Waals surface area contributed by atoms with Crippen molar-refractivity contribution in [2.24, 2.45) is 0 Å². The lowest BCUT2D eigenvalue weighted by molar-refractivity contribution is 0.0642. The van der Waals surface area contributed by atoms with E-state index in [1.165, 1.54) is 34.4 Å². The van der Waals surface area contributed by atoms with Gasteiger partial charge >= 0.3 is 0 Å². The molecule has 3 aromatic rings. The summed E-state index contributed by atoms with van der Waals surface area (Å²) in [5, 5.41) is 1.24. The minimum atomic E-state index is -0.197. The van der Waals surface area contributed by atoms with E-state index in [1.807, 2.05) is 6.07 Å². The highest BCUT2D eigenvalue weighted by molar-refractivity contribution is 6.21. The van der Waals surface area contributed by atoms with Crippen LogP contribution in [0.5, 0.6) is 0 Å². The first kappa shape index (κ1) is 14.5. The Morgan fingerprint density at radius 2 is 1.64 bits per heavy atom. The van der Waals surface area contributed by atoms with E-state index >= 15 is 0 Å². The number of hydrogen-bond donors (Lipinski definition) is 1. The van der Waals surface area contributed by atoms with Gasteiger partial charge in [0.2, 0.25) is 0 Å². The van der Waals surface area contributed by atoms with Crippen LogP contribution in [0.4, 0.5) is 0 Å². The number of aromatic amines is 1. The average molecular weight is 330 g/mol. The largest absolute Gasteiger partial charge is 0.358 e. The van der Waals surface area contributed by atoms with E-state index in [1.54, 1.807) is 24.3 Å². The van der Waals surface area contributed by atoms with E-state index in [0.29, 0.717) is 17.7 Å². The summed E-state index contributed by atoms with van der Waals surface area (Å²) in [4.78, 5) is 30.0. The number of aromatic nitrogens is 1. The summed E-state index contributed by atoms with van der Waals surface area (Å²) >= 11 is 0. The molecule has 0 unspecified atom stereocenters. The van der Waals surface area contributed by atoms with E-state index in [-0.39, 0.29) is 11.8 Å². The van der Waals surface area contributed by atoms with Crippen molar-refractivity contribution in [1.29, 1.82) is 0 Å². The highest BCUT2D eigenvalue weighted by Crippen LogP contribution is 2.31. The quantitative estimate of drug-likeness (QED) is 0.726. The first-order valence-corrected chi connectivity index (χ1v) is 8.80. The van der Waals surface area contributed by atoms with Gasteiger partial charge in [-0.05, 0) is 61.1 Å². The monoisotopic (exact) mass is 330 g/mol. The highest BCUT2D eigenvalue weighted by Gasteiger charge is 2.35. The van der Waals surface area contributed by atoms with Gasteiger partial charge in [0, 0.05) is 16.6 Å². The SMILES string of the molecule is O=C1c2ccccc2C(=O)N1Cc1ccc2[nH]c3c(c2c1)CCCC3. The normalized spacial score (nSPS) is 16.4. The van der Waals surface area contributed by atoms with Crippen molar-refractivity contribution in [2.45, 2.75) is 32.2 Å². The van der Waals surface area contributed by atoms with Crippen molar-refractivity contribution in [3.8, 4) is 0 Å². The summed E-state index contributed by atoms with van der Waals surface area (Å²) in [7, 11) is 0. The van der Waals surface area contributed by atoms with E-state index in [0.717, 1.165) is 23.9 Å². The predicted octanol–water partition coefficient (Wildman–Crippen LogP) is 3.84. The lowest BCUT2D eigenvalue weighted by Crippen LogP contribution is -2.29.